The number of hydrogen-bond acceptors (Lipinski definition) is 5. The lowest BCUT2D eigenvalue weighted by molar-refractivity contribution is 1.18. The Hall–Kier alpha value is -4.32. The van der Waals surface area contributed by atoms with Crippen LogP contribution in [0.15, 0.2) is 85.9 Å². The van der Waals surface area contributed by atoms with Gasteiger partial charge in [-0.2, -0.15) is 0 Å². The van der Waals surface area contributed by atoms with Gasteiger partial charge in [-0.15, -0.1) is 0 Å². The predicted octanol–water partition coefficient (Wildman–Crippen LogP) is 7.08. The number of nitrogens with zero attached hydrogens (tertiary/aromatic N) is 4. The maximum absolute atomic E-state index is 4.93. The first-order valence-corrected chi connectivity index (χ1v) is 11.7. The molecule has 4 heterocycles. The van der Waals surface area contributed by atoms with Gasteiger partial charge < -0.3 is 10.3 Å². The van der Waals surface area contributed by atoms with E-state index in [1.807, 2.05) is 83.4 Å². The summed E-state index contributed by atoms with van der Waals surface area (Å²) >= 11 is 0. The van der Waals surface area contributed by atoms with Crippen LogP contribution in [-0.2, 0) is 0 Å². The number of aromatic nitrogens is 5. The van der Waals surface area contributed by atoms with Crippen LogP contribution in [-0.4, -0.2) is 32.0 Å². The summed E-state index contributed by atoms with van der Waals surface area (Å²) in [7, 11) is 1.87. The Morgan fingerprint density at radius 1 is 1.09 bits per heavy atom. The van der Waals surface area contributed by atoms with Gasteiger partial charge in [0.15, 0.2) is 5.65 Å². The molecule has 0 atom stereocenters. The van der Waals surface area contributed by atoms with Gasteiger partial charge in [0.1, 0.15) is 5.82 Å². The van der Waals surface area contributed by atoms with Crippen molar-refractivity contribution < 1.29 is 0 Å². The van der Waals surface area contributed by atoms with Gasteiger partial charge in [0, 0.05) is 42.3 Å². The normalized spacial score (nSPS) is 11.6. The van der Waals surface area contributed by atoms with Gasteiger partial charge in [-0.1, -0.05) is 56.9 Å². The smallest absolute Gasteiger partial charge is 0.178 e. The Balaban J connectivity index is 0.00000167. The summed E-state index contributed by atoms with van der Waals surface area (Å²) in [6, 6.07) is 9.87. The fraction of sp³-hybridized carbons (Fsp3) is 0.172. The van der Waals surface area contributed by atoms with E-state index in [9.17, 15) is 0 Å². The Morgan fingerprint density at radius 2 is 1.89 bits per heavy atom. The van der Waals surface area contributed by atoms with Crippen LogP contribution in [0, 0.1) is 0 Å². The third-order valence-electron chi connectivity index (χ3n) is 5.41. The van der Waals surface area contributed by atoms with E-state index in [0.29, 0.717) is 17.0 Å². The fourth-order valence-corrected chi connectivity index (χ4v) is 3.59. The first-order chi connectivity index (χ1) is 17.0. The highest BCUT2D eigenvalue weighted by molar-refractivity contribution is 5.92. The number of nitrogens with one attached hydrogen (secondary N) is 2. The zero-order chi connectivity index (χ0) is 25.4. The highest BCUT2D eigenvalue weighted by Crippen LogP contribution is 2.31. The molecule has 6 heteroatoms. The highest BCUT2D eigenvalue weighted by Gasteiger charge is 2.17. The monoisotopic (exact) mass is 464 g/mol. The molecule has 4 aromatic rings. The van der Waals surface area contributed by atoms with Gasteiger partial charge in [0.05, 0.1) is 22.6 Å². The molecule has 0 aliphatic carbocycles. The maximum Gasteiger partial charge on any atom is 0.178 e. The molecule has 2 N–H and O–H groups in total. The molecule has 0 saturated carbocycles. The number of pyridine rings is 3. The van der Waals surface area contributed by atoms with Crippen molar-refractivity contribution in [2.75, 3.05) is 12.4 Å². The van der Waals surface area contributed by atoms with E-state index in [-0.39, 0.29) is 0 Å². The van der Waals surface area contributed by atoms with Crippen molar-refractivity contribution >= 4 is 28.0 Å². The second-order valence-corrected chi connectivity index (χ2v) is 7.54. The van der Waals surface area contributed by atoms with Gasteiger partial charge in [0.25, 0.3) is 0 Å². The van der Waals surface area contributed by atoms with Crippen LogP contribution in [0.1, 0.15) is 44.9 Å². The molecule has 4 rings (SSSR count). The maximum atomic E-state index is 4.93. The summed E-state index contributed by atoms with van der Waals surface area (Å²) in [5.74, 6) is 0.620. The quantitative estimate of drug-likeness (QED) is 0.286. The van der Waals surface area contributed by atoms with Crippen LogP contribution in [0.3, 0.4) is 0 Å². The number of allylic oxidation sites excluding steroid dienone is 5. The molecule has 0 bridgehead atoms. The third kappa shape index (κ3) is 5.44. The van der Waals surface area contributed by atoms with E-state index in [1.165, 1.54) is 0 Å². The highest BCUT2D eigenvalue weighted by atomic mass is 15.0. The molecule has 0 aromatic carbocycles. The zero-order valence-corrected chi connectivity index (χ0v) is 21.1. The fourth-order valence-electron chi connectivity index (χ4n) is 3.59. The van der Waals surface area contributed by atoms with Gasteiger partial charge in [0.2, 0.25) is 0 Å². The number of hydrogen-bond donors (Lipinski definition) is 2. The molecule has 0 amide bonds. The number of H-pyrrole nitrogens is 1. The van der Waals surface area contributed by atoms with Crippen molar-refractivity contribution in [3.8, 4) is 11.1 Å². The first kappa shape index (κ1) is 25.3. The summed E-state index contributed by atoms with van der Waals surface area (Å²) in [5.41, 5.74) is 8.61. The second-order valence-electron chi connectivity index (χ2n) is 7.54. The molecule has 6 nitrogen and oxygen atoms in total. The molecule has 0 aliphatic rings. The Bertz CT molecular complexity index is 1390. The van der Waals surface area contributed by atoms with Crippen LogP contribution in [0.4, 0.5) is 5.69 Å². The van der Waals surface area contributed by atoms with E-state index in [0.717, 1.165) is 44.9 Å². The molecule has 4 aromatic heterocycles. The van der Waals surface area contributed by atoms with Crippen molar-refractivity contribution in [2.24, 2.45) is 0 Å². The molecule has 0 radical (unpaired) electrons. The van der Waals surface area contributed by atoms with Crippen LogP contribution in [0.2, 0.25) is 0 Å². The summed E-state index contributed by atoms with van der Waals surface area (Å²) in [6.07, 6.45) is 11.3. The molecule has 0 fully saturated rings. The van der Waals surface area contributed by atoms with E-state index in [1.54, 1.807) is 12.4 Å². The van der Waals surface area contributed by atoms with Crippen molar-refractivity contribution in [2.45, 2.75) is 27.7 Å². The topological polar surface area (TPSA) is 79.4 Å². The largest absolute Gasteiger partial charge is 0.386 e. The SMILES string of the molecule is C=C/C(C)=C\C(=C/C)c1ccc(NC)c(C(=C)c2nc3nccc(-c4cccnc4)c3[nH]2)n1.CC. The standard InChI is InChI=1S/C27H26N6.C2H6/c1-6-17(3)15-19(7-2)22-10-11-23(28-5)24(31-22)18(4)26-32-25-21(12-14-30-27(25)33-26)20-9-8-13-29-16-20;1-2/h6-16,28H,1,4H2,2-3,5H3,(H,30,32,33);1-2H3/b17-15-,19-7+;. The summed E-state index contributed by atoms with van der Waals surface area (Å²) in [6.45, 7) is 16.2. The Labute approximate surface area is 207 Å². The number of rotatable bonds is 7. The Kier molecular flexibility index (Phi) is 8.46. The van der Waals surface area contributed by atoms with E-state index >= 15 is 0 Å². The molecular weight excluding hydrogens is 432 g/mol. The van der Waals surface area contributed by atoms with E-state index in [4.69, 9.17) is 9.97 Å². The van der Waals surface area contributed by atoms with E-state index < -0.39 is 0 Å². The second kappa shape index (κ2) is 11.7. The minimum absolute atomic E-state index is 0.619. The minimum atomic E-state index is 0.619. The minimum Gasteiger partial charge on any atom is -0.386 e. The van der Waals surface area contributed by atoms with Crippen LogP contribution in [0.25, 0.3) is 33.4 Å². The van der Waals surface area contributed by atoms with Crippen molar-refractivity contribution in [3.05, 3.63) is 103 Å². The van der Waals surface area contributed by atoms with Gasteiger partial charge in [-0.05, 0) is 43.7 Å². The molecule has 35 heavy (non-hydrogen) atoms. The van der Waals surface area contributed by atoms with Crippen molar-refractivity contribution in [1.29, 1.82) is 0 Å². The third-order valence-corrected chi connectivity index (χ3v) is 5.41. The molecule has 0 unspecified atom stereocenters. The summed E-state index contributed by atoms with van der Waals surface area (Å²) < 4.78 is 0. The number of fused-ring (bicyclic) bond motifs is 1. The molecule has 0 saturated heterocycles. The van der Waals surface area contributed by atoms with E-state index in [2.05, 4.69) is 39.5 Å². The number of aromatic amines is 1. The molecule has 0 spiro atoms. The van der Waals surface area contributed by atoms with Gasteiger partial charge in [-0.25, -0.2) is 15.0 Å². The Morgan fingerprint density at radius 3 is 2.54 bits per heavy atom. The van der Waals surface area contributed by atoms with Crippen LogP contribution >= 0.6 is 0 Å². The predicted molar refractivity (Wildman–Crippen MR) is 148 cm³/mol. The van der Waals surface area contributed by atoms with Crippen LogP contribution in [0.5, 0.6) is 0 Å². The lowest BCUT2D eigenvalue weighted by atomic mass is 10.1. The van der Waals surface area contributed by atoms with Crippen LogP contribution < -0.4 is 5.32 Å². The molecule has 178 valence electrons. The zero-order valence-electron chi connectivity index (χ0n) is 21.1. The van der Waals surface area contributed by atoms with Gasteiger partial charge >= 0.3 is 0 Å². The first-order valence-electron chi connectivity index (χ1n) is 11.7. The number of anilines is 1. The lowest BCUT2D eigenvalue weighted by Crippen LogP contribution is -2.02. The van der Waals surface area contributed by atoms with Crippen molar-refractivity contribution in [1.82, 2.24) is 24.9 Å². The average Bonchev–Trinajstić information content (AvgIpc) is 3.37. The lowest BCUT2D eigenvalue weighted by Gasteiger charge is -2.12. The molecular formula is C29H32N6. The molecule has 0 aliphatic heterocycles. The summed E-state index contributed by atoms with van der Waals surface area (Å²) in [4.78, 5) is 21.7. The summed E-state index contributed by atoms with van der Waals surface area (Å²) in [5, 5.41) is 3.21. The van der Waals surface area contributed by atoms with Gasteiger partial charge in [-0.3, -0.25) is 4.98 Å². The van der Waals surface area contributed by atoms with Crippen molar-refractivity contribution in [3.63, 3.8) is 0 Å². The number of imidazole rings is 1. The average molecular weight is 465 g/mol.